The molecule has 2 aromatic rings. The molecule has 0 aliphatic heterocycles. The number of ether oxygens (including phenoxy) is 1. The van der Waals surface area contributed by atoms with Gasteiger partial charge in [0.2, 0.25) is 5.91 Å². The number of hydrogen-bond acceptors (Lipinski definition) is 3. The second-order valence-corrected chi connectivity index (χ2v) is 6.04. The lowest BCUT2D eigenvalue weighted by Crippen LogP contribution is -2.30. The number of nitrogens with one attached hydrogen (secondary N) is 1. The van der Waals surface area contributed by atoms with Gasteiger partial charge in [-0.2, -0.15) is 0 Å². The fourth-order valence-corrected chi connectivity index (χ4v) is 2.59. The van der Waals surface area contributed by atoms with Gasteiger partial charge in [-0.25, -0.2) is 0 Å². The van der Waals surface area contributed by atoms with Crippen LogP contribution in [0.15, 0.2) is 54.6 Å². The molecule has 1 amide bonds. The van der Waals surface area contributed by atoms with Gasteiger partial charge in [-0.1, -0.05) is 42.5 Å². The highest BCUT2D eigenvalue weighted by atomic mass is 16.5. The van der Waals surface area contributed by atoms with Crippen molar-refractivity contribution in [3.8, 4) is 5.75 Å². The summed E-state index contributed by atoms with van der Waals surface area (Å²) in [6, 6.07) is 18.0. The van der Waals surface area contributed by atoms with E-state index in [1.165, 1.54) is 5.56 Å². The van der Waals surface area contributed by atoms with E-state index in [1.807, 2.05) is 62.5 Å². The monoisotopic (exact) mass is 326 g/mol. The molecule has 0 saturated carbocycles. The van der Waals surface area contributed by atoms with Gasteiger partial charge in [0.15, 0.2) is 0 Å². The van der Waals surface area contributed by atoms with E-state index >= 15 is 0 Å². The Labute approximate surface area is 144 Å². The molecule has 4 nitrogen and oxygen atoms in total. The normalized spacial score (nSPS) is 12.0. The average Bonchev–Trinajstić information content (AvgIpc) is 2.61. The van der Waals surface area contributed by atoms with E-state index in [2.05, 4.69) is 16.3 Å². The molecular formula is C20H26N2O2. The van der Waals surface area contributed by atoms with Gasteiger partial charge >= 0.3 is 0 Å². The molecule has 24 heavy (non-hydrogen) atoms. The summed E-state index contributed by atoms with van der Waals surface area (Å²) >= 11 is 0. The highest BCUT2D eigenvalue weighted by Crippen LogP contribution is 2.14. The van der Waals surface area contributed by atoms with Crippen molar-refractivity contribution in [2.75, 3.05) is 20.7 Å². The molecular weight excluding hydrogens is 300 g/mol. The van der Waals surface area contributed by atoms with Gasteiger partial charge < -0.3 is 15.0 Å². The van der Waals surface area contributed by atoms with Crippen molar-refractivity contribution in [3.63, 3.8) is 0 Å². The van der Waals surface area contributed by atoms with Crippen molar-refractivity contribution in [3.05, 3.63) is 65.7 Å². The summed E-state index contributed by atoms with van der Waals surface area (Å²) in [6.07, 6.45) is 0.484. The van der Waals surface area contributed by atoms with Gasteiger partial charge in [0.25, 0.3) is 0 Å². The Kier molecular flexibility index (Phi) is 6.82. The number of hydrogen-bond donors (Lipinski definition) is 1. The third-order valence-corrected chi connectivity index (χ3v) is 3.98. The predicted molar refractivity (Wildman–Crippen MR) is 96.9 cm³/mol. The van der Waals surface area contributed by atoms with E-state index < -0.39 is 0 Å². The summed E-state index contributed by atoms with van der Waals surface area (Å²) in [5, 5.41) is 3.05. The van der Waals surface area contributed by atoms with Gasteiger partial charge in [0.1, 0.15) is 5.75 Å². The summed E-state index contributed by atoms with van der Waals surface area (Å²) in [4.78, 5) is 14.3. The Bertz CT molecular complexity index is 643. The van der Waals surface area contributed by atoms with Crippen molar-refractivity contribution in [1.29, 1.82) is 0 Å². The van der Waals surface area contributed by atoms with Crippen LogP contribution in [0, 0.1) is 0 Å². The van der Waals surface area contributed by atoms with E-state index in [0.717, 1.165) is 17.9 Å². The summed E-state index contributed by atoms with van der Waals surface area (Å²) in [6.45, 7) is 3.51. The molecule has 2 aromatic carbocycles. The topological polar surface area (TPSA) is 41.6 Å². The third kappa shape index (κ3) is 5.70. The minimum absolute atomic E-state index is 0.0300. The molecule has 0 aliphatic carbocycles. The van der Waals surface area contributed by atoms with Crippen molar-refractivity contribution in [1.82, 2.24) is 10.2 Å². The number of nitrogens with zero attached hydrogens (tertiary/aromatic N) is 1. The molecule has 0 aromatic heterocycles. The fourth-order valence-electron chi connectivity index (χ4n) is 2.59. The summed E-state index contributed by atoms with van der Waals surface area (Å²) in [7, 11) is 3.69. The minimum atomic E-state index is 0.0300. The second-order valence-electron chi connectivity index (χ2n) is 6.04. The summed E-state index contributed by atoms with van der Waals surface area (Å²) in [5.74, 6) is 0.930. The number of carbonyl (C=O) groups excluding carboxylic acids is 1. The zero-order valence-corrected chi connectivity index (χ0v) is 14.7. The first kappa shape index (κ1) is 18.0. The number of amides is 1. The van der Waals surface area contributed by atoms with Gasteiger partial charge in [0.05, 0.1) is 13.2 Å². The van der Waals surface area contributed by atoms with Crippen LogP contribution in [0.25, 0.3) is 0 Å². The minimum Gasteiger partial charge on any atom is -0.497 e. The van der Waals surface area contributed by atoms with Crippen LogP contribution in [0.4, 0.5) is 0 Å². The molecule has 0 fully saturated rings. The molecule has 1 N–H and O–H groups in total. The lowest BCUT2D eigenvalue weighted by atomic mass is 10.1. The van der Waals surface area contributed by atoms with Crippen molar-refractivity contribution < 1.29 is 9.53 Å². The maximum Gasteiger partial charge on any atom is 0.221 e. The Morgan fingerprint density at radius 1 is 1.17 bits per heavy atom. The predicted octanol–water partition coefficient (Wildman–Crippen LogP) is 3.39. The van der Waals surface area contributed by atoms with Crippen molar-refractivity contribution >= 4 is 5.91 Å². The first-order valence-corrected chi connectivity index (χ1v) is 8.24. The fraction of sp³-hybridized carbons (Fsp3) is 0.350. The van der Waals surface area contributed by atoms with Gasteiger partial charge in [-0.15, -0.1) is 0 Å². The molecule has 0 bridgehead atoms. The molecule has 4 heteroatoms. The molecule has 128 valence electrons. The highest BCUT2D eigenvalue weighted by molar-refractivity contribution is 5.76. The zero-order valence-electron chi connectivity index (χ0n) is 14.7. The van der Waals surface area contributed by atoms with Crippen LogP contribution in [0.2, 0.25) is 0 Å². The van der Waals surface area contributed by atoms with Gasteiger partial charge in [-0.3, -0.25) is 4.79 Å². The quantitative estimate of drug-likeness (QED) is 0.808. The van der Waals surface area contributed by atoms with Crippen LogP contribution in [0.1, 0.15) is 30.5 Å². The first-order valence-electron chi connectivity index (χ1n) is 8.24. The molecule has 0 heterocycles. The van der Waals surface area contributed by atoms with Crippen molar-refractivity contribution in [2.45, 2.75) is 25.9 Å². The number of rotatable bonds is 8. The van der Waals surface area contributed by atoms with Crippen LogP contribution < -0.4 is 10.1 Å². The molecule has 0 saturated heterocycles. The molecule has 1 atom stereocenters. The number of benzene rings is 2. The number of methoxy groups -OCH3 is 1. The Balaban J connectivity index is 1.76. The smallest absolute Gasteiger partial charge is 0.221 e. The molecule has 0 spiro atoms. The largest absolute Gasteiger partial charge is 0.497 e. The zero-order chi connectivity index (χ0) is 17.4. The first-order chi connectivity index (χ1) is 11.6. The second kappa shape index (κ2) is 9.08. The van der Waals surface area contributed by atoms with Crippen LogP contribution in [0.3, 0.4) is 0 Å². The Morgan fingerprint density at radius 3 is 2.62 bits per heavy atom. The molecule has 0 radical (unpaired) electrons. The SMILES string of the molecule is COc1cccc(CN(C)CCC(=O)NC(C)c2ccccc2)c1. The highest BCUT2D eigenvalue weighted by Gasteiger charge is 2.10. The summed E-state index contributed by atoms with van der Waals surface area (Å²) in [5.41, 5.74) is 2.30. The van der Waals surface area contributed by atoms with Gasteiger partial charge in [-0.05, 0) is 37.2 Å². The van der Waals surface area contributed by atoms with E-state index in [4.69, 9.17) is 4.74 Å². The van der Waals surface area contributed by atoms with E-state index in [1.54, 1.807) is 7.11 Å². The molecule has 0 aliphatic rings. The summed E-state index contributed by atoms with van der Waals surface area (Å²) < 4.78 is 5.24. The maximum absolute atomic E-state index is 12.1. The Hall–Kier alpha value is -2.33. The standard InChI is InChI=1S/C20H26N2O2/c1-16(18-9-5-4-6-10-18)21-20(23)12-13-22(2)15-17-8-7-11-19(14-17)24-3/h4-11,14,16H,12-13,15H2,1-3H3,(H,21,23). The average molecular weight is 326 g/mol. The number of carbonyl (C=O) groups is 1. The van der Waals surface area contributed by atoms with E-state index in [0.29, 0.717) is 13.0 Å². The van der Waals surface area contributed by atoms with Crippen LogP contribution >= 0.6 is 0 Å². The van der Waals surface area contributed by atoms with Gasteiger partial charge in [0, 0.05) is 19.5 Å². The van der Waals surface area contributed by atoms with Crippen molar-refractivity contribution in [2.24, 2.45) is 0 Å². The van der Waals surface area contributed by atoms with E-state index in [-0.39, 0.29) is 11.9 Å². The van der Waals surface area contributed by atoms with Crippen LogP contribution in [-0.2, 0) is 11.3 Å². The Morgan fingerprint density at radius 2 is 1.92 bits per heavy atom. The molecule has 1 unspecified atom stereocenters. The van der Waals surface area contributed by atoms with Crippen LogP contribution in [-0.4, -0.2) is 31.5 Å². The maximum atomic E-state index is 12.1. The van der Waals surface area contributed by atoms with Crippen LogP contribution in [0.5, 0.6) is 5.75 Å². The third-order valence-electron chi connectivity index (χ3n) is 3.98. The molecule has 2 rings (SSSR count). The lowest BCUT2D eigenvalue weighted by molar-refractivity contribution is -0.122. The van der Waals surface area contributed by atoms with E-state index in [9.17, 15) is 4.79 Å². The lowest BCUT2D eigenvalue weighted by Gasteiger charge is -2.18.